The van der Waals surface area contributed by atoms with Gasteiger partial charge in [0.05, 0.1) is 12.7 Å². The van der Waals surface area contributed by atoms with Crippen LogP contribution < -0.4 is 4.74 Å². The molecule has 0 fully saturated rings. The molecule has 0 heterocycles. The number of hydrogen-bond donors (Lipinski definition) is 1. The molecule has 0 spiro atoms. The molecule has 4 nitrogen and oxygen atoms in total. The molecule has 0 unspecified atom stereocenters. The standard InChI is InChI=1S/C12H13BrF3NO3/c1-20-9-4-2-3-8(10(9)18)11(19)17(6-5-13)7-12(14,15)16/h2-4,18H,5-7H2,1H3. The maximum atomic E-state index is 12.5. The van der Waals surface area contributed by atoms with E-state index < -0.39 is 24.4 Å². The molecule has 1 rings (SSSR count). The SMILES string of the molecule is COc1cccc(C(=O)N(CCBr)CC(F)(F)F)c1O. The predicted octanol–water partition coefficient (Wildman–Crippen LogP) is 2.80. The van der Waals surface area contributed by atoms with E-state index in [1.165, 1.54) is 25.3 Å². The fourth-order valence-electron chi connectivity index (χ4n) is 1.60. The molecule has 1 N–H and O–H groups in total. The average Bonchev–Trinajstić information content (AvgIpc) is 2.36. The zero-order valence-corrected chi connectivity index (χ0v) is 12.2. The summed E-state index contributed by atoms with van der Waals surface area (Å²) in [4.78, 5) is 12.7. The van der Waals surface area contributed by atoms with Crippen molar-refractivity contribution in [3.63, 3.8) is 0 Å². The Morgan fingerprint density at radius 2 is 2.10 bits per heavy atom. The Kier molecular flexibility index (Phi) is 5.67. The predicted molar refractivity (Wildman–Crippen MR) is 70.4 cm³/mol. The first-order valence-electron chi connectivity index (χ1n) is 5.58. The van der Waals surface area contributed by atoms with E-state index >= 15 is 0 Å². The number of para-hydroxylation sites is 1. The first kappa shape index (κ1) is 16.6. The quantitative estimate of drug-likeness (QED) is 0.826. The number of halogens is 4. The summed E-state index contributed by atoms with van der Waals surface area (Å²) in [5.41, 5.74) is -0.227. The van der Waals surface area contributed by atoms with Crippen molar-refractivity contribution in [3.05, 3.63) is 23.8 Å². The largest absolute Gasteiger partial charge is 0.504 e. The van der Waals surface area contributed by atoms with Gasteiger partial charge < -0.3 is 14.7 Å². The first-order valence-corrected chi connectivity index (χ1v) is 6.70. The van der Waals surface area contributed by atoms with Crippen molar-refractivity contribution < 1.29 is 27.8 Å². The van der Waals surface area contributed by atoms with E-state index in [1.54, 1.807) is 0 Å². The van der Waals surface area contributed by atoms with E-state index in [0.29, 0.717) is 4.90 Å². The van der Waals surface area contributed by atoms with Gasteiger partial charge in [0.25, 0.3) is 5.91 Å². The molecule has 0 aromatic heterocycles. The highest BCUT2D eigenvalue weighted by atomic mass is 79.9. The summed E-state index contributed by atoms with van der Waals surface area (Å²) in [6.07, 6.45) is -4.51. The van der Waals surface area contributed by atoms with Crippen LogP contribution in [0.15, 0.2) is 18.2 Å². The number of benzene rings is 1. The zero-order valence-electron chi connectivity index (χ0n) is 10.6. The Morgan fingerprint density at radius 1 is 1.45 bits per heavy atom. The lowest BCUT2D eigenvalue weighted by atomic mass is 10.1. The molecule has 0 radical (unpaired) electrons. The molecular weight excluding hydrogens is 343 g/mol. The molecule has 0 saturated carbocycles. The lowest BCUT2D eigenvalue weighted by Crippen LogP contribution is -2.40. The number of hydrogen-bond acceptors (Lipinski definition) is 3. The van der Waals surface area contributed by atoms with Crippen LogP contribution >= 0.6 is 15.9 Å². The summed E-state index contributed by atoms with van der Waals surface area (Å²) >= 11 is 3.00. The Morgan fingerprint density at radius 3 is 2.60 bits per heavy atom. The van der Waals surface area contributed by atoms with Crippen LogP contribution in [-0.4, -0.2) is 47.6 Å². The van der Waals surface area contributed by atoms with Gasteiger partial charge >= 0.3 is 6.18 Å². The molecule has 20 heavy (non-hydrogen) atoms. The average molecular weight is 356 g/mol. The second-order valence-corrected chi connectivity index (χ2v) is 4.68. The monoisotopic (exact) mass is 355 g/mol. The number of alkyl halides is 4. The van der Waals surface area contributed by atoms with Gasteiger partial charge in [-0.1, -0.05) is 22.0 Å². The van der Waals surface area contributed by atoms with Gasteiger partial charge in [-0.2, -0.15) is 13.2 Å². The number of rotatable bonds is 5. The minimum absolute atomic E-state index is 0.0293. The number of phenols is 1. The highest BCUT2D eigenvalue weighted by Crippen LogP contribution is 2.30. The number of nitrogens with zero attached hydrogens (tertiary/aromatic N) is 1. The summed E-state index contributed by atoms with van der Waals surface area (Å²) in [5.74, 6) is -1.35. The van der Waals surface area contributed by atoms with Crippen molar-refractivity contribution in [1.82, 2.24) is 4.90 Å². The van der Waals surface area contributed by atoms with Gasteiger partial charge in [-0.3, -0.25) is 4.79 Å². The van der Waals surface area contributed by atoms with Gasteiger partial charge in [0.15, 0.2) is 11.5 Å². The van der Waals surface area contributed by atoms with Crippen LogP contribution in [0.5, 0.6) is 11.5 Å². The van der Waals surface area contributed by atoms with Crippen LogP contribution in [0.25, 0.3) is 0 Å². The van der Waals surface area contributed by atoms with Gasteiger partial charge in [-0.15, -0.1) is 0 Å². The van der Waals surface area contributed by atoms with Crippen molar-refractivity contribution in [3.8, 4) is 11.5 Å². The topological polar surface area (TPSA) is 49.8 Å². The molecule has 0 atom stereocenters. The Balaban J connectivity index is 3.06. The third kappa shape index (κ3) is 4.29. The van der Waals surface area contributed by atoms with Crippen LogP contribution in [0.3, 0.4) is 0 Å². The number of carbonyl (C=O) groups excluding carboxylic acids is 1. The van der Waals surface area contributed by atoms with Gasteiger partial charge in [-0.05, 0) is 12.1 Å². The third-order valence-electron chi connectivity index (χ3n) is 2.46. The van der Waals surface area contributed by atoms with E-state index in [-0.39, 0.29) is 23.2 Å². The smallest absolute Gasteiger partial charge is 0.406 e. The highest BCUT2D eigenvalue weighted by Gasteiger charge is 2.34. The van der Waals surface area contributed by atoms with Gasteiger partial charge in [0, 0.05) is 11.9 Å². The molecule has 1 aromatic rings. The van der Waals surface area contributed by atoms with Crippen molar-refractivity contribution in [1.29, 1.82) is 0 Å². The Labute approximate surface area is 122 Å². The minimum Gasteiger partial charge on any atom is -0.504 e. The molecule has 8 heteroatoms. The van der Waals surface area contributed by atoms with Crippen molar-refractivity contribution >= 4 is 21.8 Å². The van der Waals surface area contributed by atoms with E-state index in [4.69, 9.17) is 4.74 Å². The van der Waals surface area contributed by atoms with E-state index in [9.17, 15) is 23.1 Å². The number of carbonyl (C=O) groups is 1. The lowest BCUT2D eigenvalue weighted by molar-refractivity contribution is -0.140. The summed E-state index contributed by atoms with van der Waals surface area (Å²) in [7, 11) is 1.29. The van der Waals surface area contributed by atoms with Crippen LogP contribution in [0.2, 0.25) is 0 Å². The fourth-order valence-corrected chi connectivity index (χ4v) is 2.03. The fraction of sp³-hybridized carbons (Fsp3) is 0.417. The molecule has 0 aliphatic rings. The number of methoxy groups -OCH3 is 1. The number of phenolic OH excluding ortho intramolecular Hbond substituents is 1. The number of amides is 1. The molecule has 0 aliphatic carbocycles. The Hall–Kier alpha value is -1.44. The van der Waals surface area contributed by atoms with E-state index in [0.717, 1.165) is 0 Å². The molecular formula is C12H13BrF3NO3. The summed E-state index contributed by atoms with van der Waals surface area (Å²) in [6.45, 7) is -1.51. The maximum Gasteiger partial charge on any atom is 0.406 e. The molecule has 1 aromatic carbocycles. The van der Waals surface area contributed by atoms with E-state index in [2.05, 4.69) is 15.9 Å². The normalized spacial score (nSPS) is 11.2. The second kappa shape index (κ2) is 6.83. The molecule has 0 bridgehead atoms. The third-order valence-corrected chi connectivity index (χ3v) is 2.82. The maximum absolute atomic E-state index is 12.5. The first-order chi connectivity index (χ1) is 9.30. The zero-order chi connectivity index (χ0) is 15.3. The van der Waals surface area contributed by atoms with Crippen LogP contribution in [-0.2, 0) is 0 Å². The minimum atomic E-state index is -4.51. The van der Waals surface area contributed by atoms with Gasteiger partial charge in [-0.25, -0.2) is 0 Å². The second-order valence-electron chi connectivity index (χ2n) is 3.89. The Bertz CT molecular complexity index is 480. The van der Waals surface area contributed by atoms with Crippen molar-refractivity contribution in [2.45, 2.75) is 6.18 Å². The summed E-state index contributed by atoms with van der Waals surface area (Å²) in [6, 6.07) is 4.08. The van der Waals surface area contributed by atoms with Gasteiger partial charge in [0.1, 0.15) is 6.54 Å². The van der Waals surface area contributed by atoms with Crippen molar-refractivity contribution in [2.75, 3.05) is 25.5 Å². The molecule has 0 aliphatic heterocycles. The van der Waals surface area contributed by atoms with Gasteiger partial charge in [0.2, 0.25) is 0 Å². The number of aromatic hydroxyl groups is 1. The van der Waals surface area contributed by atoms with Crippen molar-refractivity contribution in [2.24, 2.45) is 0 Å². The highest BCUT2D eigenvalue weighted by molar-refractivity contribution is 9.09. The van der Waals surface area contributed by atoms with Crippen LogP contribution in [0, 0.1) is 0 Å². The molecule has 112 valence electrons. The van der Waals surface area contributed by atoms with Crippen LogP contribution in [0.1, 0.15) is 10.4 Å². The van der Waals surface area contributed by atoms with E-state index in [1.807, 2.05) is 0 Å². The summed E-state index contributed by atoms with van der Waals surface area (Å²) < 4.78 is 42.2. The van der Waals surface area contributed by atoms with Crippen LogP contribution in [0.4, 0.5) is 13.2 Å². The molecule has 0 saturated heterocycles. The summed E-state index contributed by atoms with van der Waals surface area (Å²) in [5, 5.41) is 10.0. The lowest BCUT2D eigenvalue weighted by Gasteiger charge is -2.23. The molecule has 1 amide bonds. The number of ether oxygens (including phenoxy) is 1.